The van der Waals surface area contributed by atoms with Gasteiger partial charge in [-0.15, -0.1) is 0 Å². The van der Waals surface area contributed by atoms with Gasteiger partial charge < -0.3 is 10.6 Å². The smallest absolute Gasteiger partial charge is 0.237 e. The fourth-order valence-corrected chi connectivity index (χ4v) is 0.950. The van der Waals surface area contributed by atoms with Gasteiger partial charge in [0.2, 0.25) is 5.91 Å². The third kappa shape index (κ3) is 6.28. The molecule has 1 amide bonds. The molecule has 15 heavy (non-hydrogen) atoms. The molecule has 3 heteroatoms. The molecule has 0 aliphatic carbocycles. The van der Waals surface area contributed by atoms with Gasteiger partial charge in [0, 0.05) is 12.1 Å². The van der Waals surface area contributed by atoms with Crippen LogP contribution < -0.4 is 10.6 Å². The zero-order chi connectivity index (χ0) is 12.1. The highest BCUT2D eigenvalue weighted by molar-refractivity contribution is 5.81. The summed E-state index contributed by atoms with van der Waals surface area (Å²) in [4.78, 5) is 11.7. The molecule has 0 bridgehead atoms. The Labute approximate surface area is 93.3 Å². The summed E-state index contributed by atoms with van der Waals surface area (Å²) >= 11 is 0. The standard InChI is InChI=1S/C12H24N2O/c1-7-12(5,6)14-11(15)10(4)13-8-9(2)3/h10,13H,2,7-8H2,1,3-6H3,(H,14,15). The first-order chi connectivity index (χ1) is 6.78. The van der Waals surface area contributed by atoms with Gasteiger partial charge in [-0.2, -0.15) is 0 Å². The van der Waals surface area contributed by atoms with Crippen molar-refractivity contribution in [2.45, 2.75) is 52.6 Å². The van der Waals surface area contributed by atoms with Crippen molar-refractivity contribution in [2.75, 3.05) is 6.54 Å². The van der Waals surface area contributed by atoms with E-state index in [1.807, 2.05) is 27.7 Å². The van der Waals surface area contributed by atoms with E-state index >= 15 is 0 Å². The molecule has 0 aromatic rings. The van der Waals surface area contributed by atoms with Crippen LogP contribution in [0.4, 0.5) is 0 Å². The van der Waals surface area contributed by atoms with Gasteiger partial charge in [0.05, 0.1) is 6.04 Å². The first-order valence-electron chi connectivity index (χ1n) is 5.48. The minimum Gasteiger partial charge on any atom is -0.350 e. The molecule has 0 heterocycles. The van der Waals surface area contributed by atoms with E-state index in [2.05, 4.69) is 24.1 Å². The molecule has 0 saturated carbocycles. The molecule has 0 aromatic heterocycles. The van der Waals surface area contributed by atoms with E-state index in [0.29, 0.717) is 6.54 Å². The van der Waals surface area contributed by atoms with Crippen LogP contribution in [0.15, 0.2) is 12.2 Å². The van der Waals surface area contributed by atoms with E-state index < -0.39 is 0 Å². The Morgan fingerprint density at radius 1 is 1.47 bits per heavy atom. The second kappa shape index (κ2) is 5.91. The molecule has 0 aromatic carbocycles. The normalized spacial score (nSPS) is 13.4. The highest BCUT2D eigenvalue weighted by atomic mass is 16.2. The Balaban J connectivity index is 4.04. The molecule has 3 nitrogen and oxygen atoms in total. The van der Waals surface area contributed by atoms with Crippen molar-refractivity contribution in [1.29, 1.82) is 0 Å². The maximum atomic E-state index is 11.7. The molecular formula is C12H24N2O. The Morgan fingerprint density at radius 2 is 2.00 bits per heavy atom. The maximum absolute atomic E-state index is 11.7. The number of carbonyl (C=O) groups excluding carboxylic acids is 1. The quantitative estimate of drug-likeness (QED) is 0.660. The van der Waals surface area contributed by atoms with Crippen LogP contribution in [0.25, 0.3) is 0 Å². The average molecular weight is 212 g/mol. The summed E-state index contributed by atoms with van der Waals surface area (Å²) in [6.07, 6.45) is 0.923. The molecule has 1 atom stereocenters. The van der Waals surface area contributed by atoms with Gasteiger partial charge in [0.25, 0.3) is 0 Å². The van der Waals surface area contributed by atoms with Gasteiger partial charge in [-0.25, -0.2) is 0 Å². The van der Waals surface area contributed by atoms with Crippen LogP contribution in [-0.2, 0) is 4.79 Å². The lowest BCUT2D eigenvalue weighted by Crippen LogP contribution is -2.50. The van der Waals surface area contributed by atoms with Crippen LogP contribution in [0, 0.1) is 0 Å². The molecule has 1 unspecified atom stereocenters. The molecule has 0 saturated heterocycles. The van der Waals surface area contributed by atoms with Crippen LogP contribution >= 0.6 is 0 Å². The zero-order valence-electron chi connectivity index (χ0n) is 10.6. The summed E-state index contributed by atoms with van der Waals surface area (Å²) in [5, 5.41) is 6.12. The molecule has 2 N–H and O–H groups in total. The van der Waals surface area contributed by atoms with Crippen LogP contribution in [0.1, 0.15) is 41.0 Å². The van der Waals surface area contributed by atoms with E-state index in [4.69, 9.17) is 0 Å². The minimum absolute atomic E-state index is 0.0445. The molecule has 0 rings (SSSR count). The topological polar surface area (TPSA) is 41.1 Å². The van der Waals surface area contributed by atoms with E-state index in [0.717, 1.165) is 12.0 Å². The van der Waals surface area contributed by atoms with E-state index in [9.17, 15) is 4.79 Å². The van der Waals surface area contributed by atoms with E-state index in [-0.39, 0.29) is 17.5 Å². The van der Waals surface area contributed by atoms with Crippen molar-refractivity contribution in [1.82, 2.24) is 10.6 Å². The number of hydrogen-bond donors (Lipinski definition) is 2. The molecule has 0 spiro atoms. The molecule has 0 radical (unpaired) electrons. The average Bonchev–Trinajstić information content (AvgIpc) is 2.13. The Hall–Kier alpha value is -0.830. The first kappa shape index (κ1) is 14.2. The van der Waals surface area contributed by atoms with Crippen LogP contribution in [-0.4, -0.2) is 24.0 Å². The van der Waals surface area contributed by atoms with Gasteiger partial charge in [-0.1, -0.05) is 19.1 Å². The fourth-order valence-electron chi connectivity index (χ4n) is 0.950. The highest BCUT2D eigenvalue weighted by Crippen LogP contribution is 2.06. The second-order valence-electron chi connectivity index (χ2n) is 4.79. The fraction of sp³-hybridized carbons (Fsp3) is 0.750. The van der Waals surface area contributed by atoms with Crippen molar-refractivity contribution in [3.63, 3.8) is 0 Å². The number of nitrogens with one attached hydrogen (secondary N) is 2. The Bertz CT molecular complexity index is 234. The monoisotopic (exact) mass is 212 g/mol. The summed E-state index contributed by atoms with van der Waals surface area (Å²) in [5.41, 5.74) is 0.903. The van der Waals surface area contributed by atoms with Crippen molar-refractivity contribution in [3.05, 3.63) is 12.2 Å². The summed E-state index contributed by atoms with van der Waals surface area (Å²) in [6, 6.07) is -0.174. The van der Waals surface area contributed by atoms with Gasteiger partial charge in [-0.3, -0.25) is 4.79 Å². The largest absolute Gasteiger partial charge is 0.350 e. The molecule has 0 aliphatic heterocycles. The SMILES string of the molecule is C=C(C)CNC(C)C(=O)NC(C)(C)CC. The lowest BCUT2D eigenvalue weighted by atomic mass is 10.0. The second-order valence-corrected chi connectivity index (χ2v) is 4.79. The predicted molar refractivity (Wildman–Crippen MR) is 64.8 cm³/mol. The zero-order valence-corrected chi connectivity index (χ0v) is 10.6. The van der Waals surface area contributed by atoms with E-state index in [1.54, 1.807) is 0 Å². The van der Waals surface area contributed by atoms with Crippen molar-refractivity contribution >= 4 is 5.91 Å². The van der Waals surface area contributed by atoms with Gasteiger partial charge in [0.15, 0.2) is 0 Å². The van der Waals surface area contributed by atoms with Crippen molar-refractivity contribution < 1.29 is 4.79 Å². The highest BCUT2D eigenvalue weighted by Gasteiger charge is 2.21. The van der Waals surface area contributed by atoms with Crippen molar-refractivity contribution in [2.24, 2.45) is 0 Å². The third-order valence-electron chi connectivity index (χ3n) is 2.45. The maximum Gasteiger partial charge on any atom is 0.237 e. The van der Waals surface area contributed by atoms with Gasteiger partial charge in [-0.05, 0) is 34.1 Å². The lowest BCUT2D eigenvalue weighted by Gasteiger charge is -2.26. The van der Waals surface area contributed by atoms with Crippen LogP contribution in [0.2, 0.25) is 0 Å². The van der Waals surface area contributed by atoms with E-state index in [1.165, 1.54) is 0 Å². The number of amides is 1. The van der Waals surface area contributed by atoms with Crippen molar-refractivity contribution in [3.8, 4) is 0 Å². The third-order valence-corrected chi connectivity index (χ3v) is 2.45. The van der Waals surface area contributed by atoms with Gasteiger partial charge in [0.1, 0.15) is 0 Å². The number of rotatable bonds is 6. The molecule has 88 valence electrons. The number of hydrogen-bond acceptors (Lipinski definition) is 2. The molecular weight excluding hydrogens is 188 g/mol. The van der Waals surface area contributed by atoms with Gasteiger partial charge >= 0.3 is 0 Å². The first-order valence-corrected chi connectivity index (χ1v) is 5.48. The summed E-state index contributed by atoms with van der Waals surface area (Å²) in [5.74, 6) is 0.0445. The van der Waals surface area contributed by atoms with Crippen LogP contribution in [0.3, 0.4) is 0 Å². The minimum atomic E-state index is -0.174. The summed E-state index contributed by atoms with van der Waals surface area (Å²) in [7, 11) is 0. The molecule has 0 aliphatic rings. The summed E-state index contributed by atoms with van der Waals surface area (Å²) < 4.78 is 0. The molecule has 0 fully saturated rings. The lowest BCUT2D eigenvalue weighted by molar-refractivity contribution is -0.124. The predicted octanol–water partition coefficient (Wildman–Crippen LogP) is 1.85. The van der Waals surface area contributed by atoms with Crippen LogP contribution in [0.5, 0.6) is 0 Å². The number of carbonyl (C=O) groups is 1. The Morgan fingerprint density at radius 3 is 2.40 bits per heavy atom. The summed E-state index contributed by atoms with van der Waals surface area (Å²) in [6.45, 7) is 14.4. The Kier molecular flexibility index (Phi) is 5.58.